The second-order valence-corrected chi connectivity index (χ2v) is 7.59. The van der Waals surface area contributed by atoms with Crippen LogP contribution in [0.2, 0.25) is 0 Å². The SMILES string of the molecule is Cn1nc(CC(=O)N2CCN(C/C=C/c3ccccc3)CC2)c2ccccc2c1=O. The molecule has 1 aliphatic rings. The highest BCUT2D eigenvalue weighted by molar-refractivity contribution is 5.88. The van der Waals surface area contributed by atoms with Crippen LogP contribution in [-0.2, 0) is 18.3 Å². The van der Waals surface area contributed by atoms with E-state index in [0.717, 1.165) is 25.0 Å². The van der Waals surface area contributed by atoms with Crippen molar-refractivity contribution in [1.29, 1.82) is 0 Å². The van der Waals surface area contributed by atoms with Gasteiger partial charge in [0, 0.05) is 45.2 Å². The summed E-state index contributed by atoms with van der Waals surface area (Å²) in [5.74, 6) is 0.0609. The van der Waals surface area contributed by atoms with Gasteiger partial charge in [-0.05, 0) is 11.6 Å². The summed E-state index contributed by atoms with van der Waals surface area (Å²) in [5.41, 5.74) is 1.72. The Morgan fingerprint density at radius 3 is 2.37 bits per heavy atom. The Morgan fingerprint density at radius 2 is 1.63 bits per heavy atom. The fraction of sp³-hybridized carbons (Fsp3) is 0.292. The molecule has 0 radical (unpaired) electrons. The van der Waals surface area contributed by atoms with Crippen molar-refractivity contribution in [1.82, 2.24) is 19.6 Å². The molecule has 6 heteroatoms. The third-order valence-electron chi connectivity index (χ3n) is 5.55. The van der Waals surface area contributed by atoms with Crippen LogP contribution < -0.4 is 5.56 Å². The summed E-state index contributed by atoms with van der Waals surface area (Å²) in [4.78, 5) is 29.4. The highest BCUT2D eigenvalue weighted by atomic mass is 16.2. The number of rotatable bonds is 5. The van der Waals surface area contributed by atoms with E-state index in [-0.39, 0.29) is 17.9 Å². The molecule has 2 heterocycles. The van der Waals surface area contributed by atoms with Gasteiger partial charge in [0.05, 0.1) is 17.5 Å². The van der Waals surface area contributed by atoms with E-state index in [4.69, 9.17) is 0 Å². The maximum Gasteiger partial charge on any atom is 0.274 e. The zero-order valence-corrected chi connectivity index (χ0v) is 17.2. The highest BCUT2D eigenvalue weighted by Gasteiger charge is 2.22. The zero-order valence-electron chi connectivity index (χ0n) is 17.2. The molecule has 1 amide bonds. The summed E-state index contributed by atoms with van der Waals surface area (Å²) >= 11 is 0. The summed E-state index contributed by atoms with van der Waals surface area (Å²) in [5, 5.41) is 5.72. The van der Waals surface area contributed by atoms with Crippen molar-refractivity contribution in [3.63, 3.8) is 0 Å². The first-order valence-electron chi connectivity index (χ1n) is 10.3. The van der Waals surface area contributed by atoms with Crippen LogP contribution >= 0.6 is 0 Å². The molecule has 0 aliphatic carbocycles. The van der Waals surface area contributed by atoms with E-state index in [1.54, 1.807) is 13.1 Å². The second-order valence-electron chi connectivity index (χ2n) is 7.59. The van der Waals surface area contributed by atoms with Crippen LogP contribution in [0.1, 0.15) is 11.3 Å². The van der Waals surface area contributed by atoms with Gasteiger partial charge in [0.2, 0.25) is 5.91 Å². The van der Waals surface area contributed by atoms with Gasteiger partial charge in [0.1, 0.15) is 0 Å². The Balaban J connectivity index is 1.35. The fourth-order valence-corrected chi connectivity index (χ4v) is 3.84. The topological polar surface area (TPSA) is 58.4 Å². The minimum Gasteiger partial charge on any atom is -0.340 e. The Kier molecular flexibility index (Phi) is 6.05. The van der Waals surface area contributed by atoms with Gasteiger partial charge in [-0.1, -0.05) is 60.7 Å². The lowest BCUT2D eigenvalue weighted by molar-refractivity contribution is -0.132. The molecule has 0 saturated carbocycles. The summed E-state index contributed by atoms with van der Waals surface area (Å²) in [7, 11) is 1.63. The van der Waals surface area contributed by atoms with Gasteiger partial charge in [0.25, 0.3) is 5.56 Å². The highest BCUT2D eigenvalue weighted by Crippen LogP contribution is 2.15. The minimum absolute atomic E-state index is 0.0609. The van der Waals surface area contributed by atoms with Crippen LogP contribution in [0, 0.1) is 0 Å². The molecular formula is C24H26N4O2. The molecule has 6 nitrogen and oxygen atoms in total. The van der Waals surface area contributed by atoms with E-state index in [1.165, 1.54) is 10.2 Å². The summed E-state index contributed by atoms with van der Waals surface area (Å²) in [6.07, 6.45) is 4.52. The van der Waals surface area contributed by atoms with E-state index in [0.29, 0.717) is 24.2 Å². The Bertz CT molecular complexity index is 1110. The number of benzene rings is 2. The molecule has 0 atom stereocenters. The second kappa shape index (κ2) is 9.05. The number of carbonyl (C=O) groups excluding carboxylic acids is 1. The Morgan fingerprint density at radius 1 is 0.967 bits per heavy atom. The molecule has 0 N–H and O–H groups in total. The van der Waals surface area contributed by atoms with Gasteiger partial charge in [-0.3, -0.25) is 14.5 Å². The molecule has 0 spiro atoms. The van der Waals surface area contributed by atoms with Crippen LogP contribution in [0.25, 0.3) is 16.8 Å². The first-order chi connectivity index (χ1) is 14.6. The average Bonchev–Trinajstić information content (AvgIpc) is 2.78. The first-order valence-corrected chi connectivity index (χ1v) is 10.3. The van der Waals surface area contributed by atoms with Crippen LogP contribution in [0.15, 0.2) is 65.5 Å². The van der Waals surface area contributed by atoms with E-state index in [2.05, 4.69) is 34.3 Å². The number of hydrogen-bond donors (Lipinski definition) is 0. The maximum absolute atomic E-state index is 12.9. The summed E-state index contributed by atoms with van der Waals surface area (Å²) < 4.78 is 1.32. The van der Waals surface area contributed by atoms with Crippen LogP contribution in [0.3, 0.4) is 0 Å². The standard InChI is InChI=1S/C24H26N4O2/c1-26-24(30)21-12-6-5-11-20(21)22(25-26)18-23(29)28-16-14-27(15-17-28)13-7-10-19-8-3-2-4-9-19/h2-12H,13-18H2,1H3/b10-7+. The predicted octanol–water partition coefficient (Wildman–Crippen LogP) is 2.33. The number of fused-ring (bicyclic) bond motifs is 1. The third-order valence-corrected chi connectivity index (χ3v) is 5.55. The van der Waals surface area contributed by atoms with Crippen molar-refractivity contribution in [2.24, 2.45) is 7.05 Å². The smallest absolute Gasteiger partial charge is 0.274 e. The van der Waals surface area contributed by atoms with Crippen molar-refractivity contribution in [2.45, 2.75) is 6.42 Å². The van der Waals surface area contributed by atoms with E-state index in [9.17, 15) is 9.59 Å². The molecule has 1 saturated heterocycles. The Labute approximate surface area is 176 Å². The number of hydrogen-bond acceptors (Lipinski definition) is 4. The van der Waals surface area contributed by atoms with Gasteiger partial charge in [-0.25, -0.2) is 4.68 Å². The quantitative estimate of drug-likeness (QED) is 0.657. The van der Waals surface area contributed by atoms with E-state index < -0.39 is 0 Å². The molecule has 154 valence electrons. The molecule has 3 aromatic rings. The average molecular weight is 402 g/mol. The number of nitrogens with zero attached hydrogens (tertiary/aromatic N) is 4. The summed E-state index contributed by atoms with van der Waals surface area (Å²) in [6, 6.07) is 17.6. The van der Waals surface area contributed by atoms with Gasteiger partial charge in [0.15, 0.2) is 0 Å². The Hall–Kier alpha value is -3.25. The van der Waals surface area contributed by atoms with Gasteiger partial charge < -0.3 is 4.90 Å². The zero-order chi connectivity index (χ0) is 20.9. The monoisotopic (exact) mass is 402 g/mol. The third kappa shape index (κ3) is 4.49. The van der Waals surface area contributed by atoms with Gasteiger partial charge >= 0.3 is 0 Å². The number of amides is 1. The largest absolute Gasteiger partial charge is 0.340 e. The first kappa shape index (κ1) is 20.0. The van der Waals surface area contributed by atoms with Gasteiger partial charge in [-0.15, -0.1) is 0 Å². The lowest BCUT2D eigenvalue weighted by atomic mass is 10.1. The lowest BCUT2D eigenvalue weighted by Crippen LogP contribution is -2.49. The van der Waals surface area contributed by atoms with E-state index >= 15 is 0 Å². The molecule has 0 unspecified atom stereocenters. The molecule has 4 rings (SSSR count). The van der Waals surface area contributed by atoms with Crippen molar-refractivity contribution in [3.8, 4) is 0 Å². The molecule has 2 aromatic carbocycles. The normalized spacial score (nSPS) is 15.2. The molecule has 30 heavy (non-hydrogen) atoms. The molecular weight excluding hydrogens is 376 g/mol. The predicted molar refractivity (Wildman–Crippen MR) is 119 cm³/mol. The van der Waals surface area contributed by atoms with Crippen molar-refractivity contribution < 1.29 is 4.79 Å². The van der Waals surface area contributed by atoms with E-state index in [1.807, 2.05) is 41.3 Å². The van der Waals surface area contributed by atoms with Crippen LogP contribution in [0.4, 0.5) is 0 Å². The summed E-state index contributed by atoms with van der Waals surface area (Å²) in [6.45, 7) is 4.01. The van der Waals surface area contributed by atoms with Crippen LogP contribution in [0.5, 0.6) is 0 Å². The number of aromatic nitrogens is 2. The molecule has 1 aliphatic heterocycles. The molecule has 0 bridgehead atoms. The van der Waals surface area contributed by atoms with Crippen LogP contribution in [-0.4, -0.2) is 58.2 Å². The fourth-order valence-electron chi connectivity index (χ4n) is 3.84. The number of piperazine rings is 1. The van der Waals surface area contributed by atoms with Crippen molar-refractivity contribution >= 4 is 22.8 Å². The van der Waals surface area contributed by atoms with Crippen molar-refractivity contribution in [3.05, 3.63) is 82.3 Å². The number of aryl methyl sites for hydroxylation is 1. The number of carbonyl (C=O) groups is 1. The molecule has 1 fully saturated rings. The minimum atomic E-state index is -0.140. The molecule has 1 aromatic heterocycles. The lowest BCUT2D eigenvalue weighted by Gasteiger charge is -2.34. The van der Waals surface area contributed by atoms with Gasteiger partial charge in [-0.2, -0.15) is 5.10 Å². The maximum atomic E-state index is 12.9. The van der Waals surface area contributed by atoms with Crippen molar-refractivity contribution in [2.75, 3.05) is 32.7 Å².